The van der Waals surface area contributed by atoms with Crippen molar-refractivity contribution in [2.24, 2.45) is 0 Å². The summed E-state index contributed by atoms with van der Waals surface area (Å²) in [6.45, 7) is 28.8. The molecule has 2 heterocycles. The Bertz CT molecular complexity index is 2710. The van der Waals surface area contributed by atoms with E-state index in [0.717, 1.165) is 12.8 Å². The summed E-state index contributed by atoms with van der Waals surface area (Å²) in [6, 6.07) is 37.0. The minimum atomic E-state index is -0.0731. The largest absolute Gasteiger partial charge is 0.311 e. The summed E-state index contributed by atoms with van der Waals surface area (Å²) >= 11 is 0. The van der Waals surface area contributed by atoms with Crippen LogP contribution in [0.5, 0.6) is 0 Å². The van der Waals surface area contributed by atoms with Crippen LogP contribution in [0.3, 0.4) is 0 Å². The van der Waals surface area contributed by atoms with E-state index in [2.05, 4.69) is 184 Å². The Morgan fingerprint density at radius 3 is 1.78 bits per heavy atom. The van der Waals surface area contributed by atoms with Crippen LogP contribution < -0.4 is 26.2 Å². The average Bonchev–Trinajstić information content (AvgIpc) is 3.16. The van der Waals surface area contributed by atoms with Gasteiger partial charge < -0.3 is 9.80 Å². The molecule has 6 aromatic carbocycles. The number of aryl methyl sites for hydroxylation is 4. The summed E-state index contributed by atoms with van der Waals surface area (Å²) in [5.41, 5.74) is 23.6. The van der Waals surface area contributed by atoms with Crippen LogP contribution in [0.25, 0.3) is 10.8 Å². The standard InChI is InChI=1S/C55H61BN2/c1-33-19-23-44(34(2)27-33)57-47-32-41-40(54(9,10)25-26-55(41,11)12)31-43(47)56-42-22-21-37(52(3,4)5)28-46(42)58(49-30-38(53(6,7)8)29-48(57)51(49)56)45-24-20-36-16-13-15-35-17-14-18-39(45)50(35)36/h14,17-24,27-32H,13,15-16,25-26H2,1-12H3. The zero-order valence-corrected chi connectivity index (χ0v) is 37.2. The zero-order chi connectivity index (χ0) is 40.8. The third-order valence-corrected chi connectivity index (χ3v) is 14.7. The minimum Gasteiger partial charge on any atom is -0.311 e. The summed E-state index contributed by atoms with van der Waals surface area (Å²) in [5.74, 6) is 0. The maximum Gasteiger partial charge on any atom is 0.252 e. The molecular weight excluding hydrogens is 699 g/mol. The molecule has 0 radical (unpaired) electrons. The Balaban J connectivity index is 1.38. The third kappa shape index (κ3) is 5.51. The molecule has 0 saturated carbocycles. The molecule has 2 aliphatic carbocycles. The van der Waals surface area contributed by atoms with E-state index in [1.807, 2.05) is 0 Å². The molecule has 4 aliphatic rings. The first kappa shape index (κ1) is 37.5. The molecule has 0 fully saturated rings. The minimum absolute atomic E-state index is 0.00174. The van der Waals surface area contributed by atoms with Crippen molar-refractivity contribution < 1.29 is 0 Å². The number of rotatable bonds is 2. The van der Waals surface area contributed by atoms with Crippen LogP contribution in [0.4, 0.5) is 34.1 Å². The summed E-state index contributed by atoms with van der Waals surface area (Å²) in [5, 5.41) is 2.84. The Morgan fingerprint density at radius 2 is 1.12 bits per heavy atom. The van der Waals surface area contributed by atoms with Crippen molar-refractivity contribution in [1.29, 1.82) is 0 Å². The molecule has 2 nitrogen and oxygen atoms in total. The van der Waals surface area contributed by atoms with Gasteiger partial charge in [0.05, 0.1) is 5.69 Å². The second kappa shape index (κ2) is 12.4. The van der Waals surface area contributed by atoms with Crippen molar-refractivity contribution in [2.75, 3.05) is 9.80 Å². The van der Waals surface area contributed by atoms with Crippen molar-refractivity contribution in [3.05, 3.63) is 136 Å². The van der Waals surface area contributed by atoms with E-state index in [1.165, 1.54) is 125 Å². The van der Waals surface area contributed by atoms with Crippen LogP contribution in [0, 0.1) is 13.8 Å². The molecule has 6 aromatic rings. The van der Waals surface area contributed by atoms with Crippen LogP contribution in [-0.4, -0.2) is 6.71 Å². The van der Waals surface area contributed by atoms with Crippen LogP contribution in [0.15, 0.2) is 91.0 Å². The maximum atomic E-state index is 2.70. The molecule has 58 heavy (non-hydrogen) atoms. The number of nitrogens with zero attached hydrogens (tertiary/aromatic N) is 2. The zero-order valence-electron chi connectivity index (χ0n) is 37.2. The van der Waals surface area contributed by atoms with Crippen molar-refractivity contribution in [3.63, 3.8) is 0 Å². The Kier molecular flexibility index (Phi) is 8.01. The number of fused-ring (bicyclic) bond motifs is 5. The van der Waals surface area contributed by atoms with E-state index in [-0.39, 0.29) is 28.4 Å². The summed E-state index contributed by atoms with van der Waals surface area (Å²) < 4.78 is 0. The van der Waals surface area contributed by atoms with Crippen LogP contribution >= 0.6 is 0 Å². The highest BCUT2D eigenvalue weighted by Gasteiger charge is 2.47. The number of hydrogen-bond donors (Lipinski definition) is 0. The second-order valence-corrected chi connectivity index (χ2v) is 21.8. The third-order valence-electron chi connectivity index (χ3n) is 14.7. The summed E-state index contributed by atoms with van der Waals surface area (Å²) in [4.78, 5) is 5.38. The fourth-order valence-corrected chi connectivity index (χ4v) is 11.2. The van der Waals surface area contributed by atoms with Crippen molar-refractivity contribution in [2.45, 2.75) is 137 Å². The highest BCUT2D eigenvalue weighted by molar-refractivity contribution is 7.00. The lowest BCUT2D eigenvalue weighted by Crippen LogP contribution is -2.62. The lowest BCUT2D eigenvalue weighted by molar-refractivity contribution is 0.332. The first-order valence-corrected chi connectivity index (χ1v) is 22.1. The van der Waals surface area contributed by atoms with Gasteiger partial charge in [0.15, 0.2) is 0 Å². The number of anilines is 6. The van der Waals surface area contributed by atoms with E-state index in [9.17, 15) is 0 Å². The average molecular weight is 761 g/mol. The van der Waals surface area contributed by atoms with Gasteiger partial charge in [-0.3, -0.25) is 0 Å². The molecular formula is C55H61BN2. The van der Waals surface area contributed by atoms with Crippen molar-refractivity contribution in [1.82, 2.24) is 0 Å². The Hall–Kier alpha value is -4.76. The molecule has 0 unspecified atom stereocenters. The topological polar surface area (TPSA) is 6.48 Å². The van der Waals surface area contributed by atoms with Crippen LogP contribution in [-0.2, 0) is 34.5 Å². The van der Waals surface area contributed by atoms with Crippen molar-refractivity contribution in [3.8, 4) is 0 Å². The van der Waals surface area contributed by atoms with Crippen LogP contribution in [0.1, 0.15) is 133 Å². The van der Waals surface area contributed by atoms with E-state index in [1.54, 1.807) is 0 Å². The molecule has 0 bridgehead atoms. The summed E-state index contributed by atoms with van der Waals surface area (Å²) in [7, 11) is 0. The van der Waals surface area contributed by atoms with Gasteiger partial charge in [-0.05, 0) is 165 Å². The highest BCUT2D eigenvalue weighted by Crippen LogP contribution is 2.52. The SMILES string of the molecule is Cc1ccc(N2c3cc4c(cc3B3c5ccc(C(C)(C)C)cc5N(c5ccc6c7c(cccc57)CCC6)c5cc(C(C)(C)C)cc2c53)C(C)(C)CCC4(C)C)c(C)c1. The molecule has 3 heteroatoms. The molecule has 294 valence electrons. The van der Waals surface area contributed by atoms with Gasteiger partial charge in [0, 0.05) is 33.8 Å². The molecule has 0 amide bonds. The predicted octanol–water partition coefficient (Wildman–Crippen LogP) is 13.0. The first-order chi connectivity index (χ1) is 27.3. The van der Waals surface area contributed by atoms with E-state index < -0.39 is 0 Å². The molecule has 0 aromatic heterocycles. The van der Waals surface area contributed by atoms with Crippen LogP contribution in [0.2, 0.25) is 0 Å². The quantitative estimate of drug-likeness (QED) is 0.162. The lowest BCUT2D eigenvalue weighted by atomic mass is 9.33. The molecule has 2 aliphatic heterocycles. The fourth-order valence-electron chi connectivity index (χ4n) is 11.2. The first-order valence-electron chi connectivity index (χ1n) is 22.1. The molecule has 10 rings (SSSR count). The fraction of sp³-hybridized carbons (Fsp3) is 0.382. The second-order valence-electron chi connectivity index (χ2n) is 21.8. The van der Waals surface area contributed by atoms with Gasteiger partial charge in [-0.1, -0.05) is 129 Å². The van der Waals surface area contributed by atoms with Gasteiger partial charge in [-0.2, -0.15) is 0 Å². The number of hydrogen-bond acceptors (Lipinski definition) is 2. The van der Waals surface area contributed by atoms with Gasteiger partial charge in [-0.15, -0.1) is 0 Å². The molecule has 0 N–H and O–H groups in total. The number of benzene rings is 6. The molecule has 0 atom stereocenters. The van der Waals surface area contributed by atoms with E-state index in [4.69, 9.17) is 0 Å². The van der Waals surface area contributed by atoms with Gasteiger partial charge in [0.25, 0.3) is 6.71 Å². The van der Waals surface area contributed by atoms with Crippen molar-refractivity contribution >= 4 is 68.0 Å². The maximum absolute atomic E-state index is 2.70. The normalized spacial score (nSPS) is 17.5. The molecule has 0 saturated heterocycles. The van der Waals surface area contributed by atoms with Gasteiger partial charge in [0.2, 0.25) is 0 Å². The Morgan fingerprint density at radius 1 is 0.534 bits per heavy atom. The lowest BCUT2D eigenvalue weighted by Gasteiger charge is -2.48. The van der Waals surface area contributed by atoms with Gasteiger partial charge in [0.1, 0.15) is 0 Å². The van der Waals surface area contributed by atoms with Gasteiger partial charge in [-0.25, -0.2) is 0 Å². The van der Waals surface area contributed by atoms with Gasteiger partial charge >= 0.3 is 0 Å². The summed E-state index contributed by atoms with van der Waals surface area (Å²) in [6.07, 6.45) is 5.90. The van der Waals surface area contributed by atoms with E-state index in [0.29, 0.717) is 0 Å². The molecule has 0 spiro atoms. The smallest absolute Gasteiger partial charge is 0.252 e. The van der Waals surface area contributed by atoms with E-state index >= 15 is 0 Å². The Labute approximate surface area is 348 Å². The monoisotopic (exact) mass is 760 g/mol. The predicted molar refractivity (Wildman–Crippen MR) is 252 cm³/mol. The highest BCUT2D eigenvalue weighted by atomic mass is 15.2.